The third kappa shape index (κ3) is 4.13. The summed E-state index contributed by atoms with van der Waals surface area (Å²) < 4.78 is 6.72. The van der Waals surface area contributed by atoms with E-state index in [2.05, 4.69) is 181 Å². The molecule has 0 atom stereocenters. The zero-order chi connectivity index (χ0) is 31.6. The van der Waals surface area contributed by atoms with Crippen molar-refractivity contribution in [3.63, 3.8) is 0 Å². The molecule has 0 fully saturated rings. The van der Waals surface area contributed by atoms with Crippen LogP contribution in [0.15, 0.2) is 180 Å². The highest BCUT2D eigenvalue weighted by molar-refractivity contribution is 6.24. The lowest BCUT2D eigenvalue weighted by Gasteiger charge is -2.28. The Bertz CT molecular complexity index is 2850. The molecule has 0 aliphatic carbocycles. The topological polar surface area (TPSA) is 16.4 Å². The van der Waals surface area contributed by atoms with Gasteiger partial charge >= 0.3 is 0 Å². The first-order valence-electron chi connectivity index (χ1n) is 16.4. The molecule has 0 radical (unpaired) electrons. The monoisotopic (exact) mass is 611 g/mol. The molecule has 2 nitrogen and oxygen atoms in total. The molecule has 0 amide bonds. The third-order valence-electron chi connectivity index (χ3n) is 9.79. The maximum absolute atomic E-state index is 6.72. The van der Waals surface area contributed by atoms with Crippen molar-refractivity contribution in [3.05, 3.63) is 176 Å². The summed E-state index contributed by atoms with van der Waals surface area (Å²) in [7, 11) is 0. The van der Waals surface area contributed by atoms with Crippen LogP contribution in [0, 0.1) is 0 Å². The van der Waals surface area contributed by atoms with E-state index in [-0.39, 0.29) is 0 Å². The third-order valence-corrected chi connectivity index (χ3v) is 9.79. The molecule has 0 aliphatic rings. The van der Waals surface area contributed by atoms with Crippen molar-refractivity contribution >= 4 is 82.1 Å². The van der Waals surface area contributed by atoms with E-state index in [1.807, 2.05) is 0 Å². The van der Waals surface area contributed by atoms with Gasteiger partial charge < -0.3 is 9.32 Å². The van der Waals surface area contributed by atoms with Crippen LogP contribution < -0.4 is 4.90 Å². The van der Waals surface area contributed by atoms with Gasteiger partial charge in [0.15, 0.2) is 0 Å². The van der Waals surface area contributed by atoms with Gasteiger partial charge in [0.25, 0.3) is 0 Å². The number of fused-ring (bicyclic) bond motifs is 10. The van der Waals surface area contributed by atoms with Gasteiger partial charge in [0.1, 0.15) is 11.2 Å². The summed E-state index contributed by atoms with van der Waals surface area (Å²) in [5.74, 6) is 0. The summed E-state index contributed by atoms with van der Waals surface area (Å²) in [6.07, 6.45) is 0. The minimum absolute atomic E-state index is 0.873. The zero-order valence-electron chi connectivity index (χ0n) is 26.1. The lowest BCUT2D eigenvalue weighted by molar-refractivity contribution is 0.673. The Balaban J connectivity index is 1.30. The Morgan fingerprint density at radius 1 is 0.354 bits per heavy atom. The smallest absolute Gasteiger partial charge is 0.143 e. The van der Waals surface area contributed by atoms with E-state index < -0.39 is 0 Å². The summed E-state index contributed by atoms with van der Waals surface area (Å²) in [6.45, 7) is 0. The van der Waals surface area contributed by atoms with E-state index in [1.54, 1.807) is 0 Å². The summed E-state index contributed by atoms with van der Waals surface area (Å²) >= 11 is 0. The Morgan fingerprint density at radius 2 is 0.979 bits per heavy atom. The van der Waals surface area contributed by atoms with E-state index in [4.69, 9.17) is 4.42 Å². The van der Waals surface area contributed by atoms with Crippen molar-refractivity contribution in [2.45, 2.75) is 0 Å². The number of rotatable bonds is 4. The van der Waals surface area contributed by atoms with Crippen molar-refractivity contribution in [1.82, 2.24) is 0 Å². The molecule has 0 saturated carbocycles. The van der Waals surface area contributed by atoms with Crippen LogP contribution in [0.25, 0.3) is 76.2 Å². The first kappa shape index (κ1) is 26.8. The molecule has 0 aliphatic heterocycles. The maximum atomic E-state index is 6.72. The van der Waals surface area contributed by atoms with Crippen LogP contribution in [0.1, 0.15) is 0 Å². The Morgan fingerprint density at radius 3 is 1.81 bits per heavy atom. The van der Waals surface area contributed by atoms with Crippen molar-refractivity contribution in [1.29, 1.82) is 0 Å². The van der Waals surface area contributed by atoms with E-state index in [0.717, 1.165) is 44.4 Å². The summed E-state index contributed by atoms with van der Waals surface area (Å²) in [4.78, 5) is 2.42. The number of furan rings is 1. The predicted octanol–water partition coefficient (Wildman–Crippen LogP) is 13.3. The molecule has 224 valence electrons. The van der Waals surface area contributed by atoms with E-state index in [0.29, 0.717) is 0 Å². The number of hydrogen-bond donors (Lipinski definition) is 0. The minimum Gasteiger partial charge on any atom is -0.455 e. The minimum atomic E-state index is 0.873. The maximum Gasteiger partial charge on any atom is 0.143 e. The molecule has 10 rings (SSSR count). The van der Waals surface area contributed by atoms with E-state index in [9.17, 15) is 0 Å². The average Bonchev–Trinajstić information content (AvgIpc) is 3.54. The van der Waals surface area contributed by atoms with Crippen molar-refractivity contribution in [2.75, 3.05) is 4.90 Å². The predicted molar refractivity (Wildman–Crippen MR) is 204 cm³/mol. The van der Waals surface area contributed by atoms with Crippen LogP contribution in [0.5, 0.6) is 0 Å². The highest BCUT2D eigenvalue weighted by Gasteiger charge is 2.21. The van der Waals surface area contributed by atoms with E-state index in [1.165, 1.54) is 48.8 Å². The Kier molecular flexibility index (Phi) is 5.91. The molecule has 1 aromatic heterocycles. The Hall–Kier alpha value is -6.38. The molecule has 48 heavy (non-hydrogen) atoms. The molecule has 0 saturated heterocycles. The van der Waals surface area contributed by atoms with Crippen LogP contribution >= 0.6 is 0 Å². The molecule has 0 N–H and O–H groups in total. The van der Waals surface area contributed by atoms with Crippen molar-refractivity contribution in [2.24, 2.45) is 0 Å². The highest BCUT2D eigenvalue weighted by Crippen LogP contribution is 2.46. The first-order valence-corrected chi connectivity index (χ1v) is 16.4. The standard InChI is InChI=1S/C46H29NO/c1-2-11-30(12-3-1)33-16-10-17-35(27-33)47(36-23-26-40-42-25-22-32-14-5-9-20-39(32)46(42)48-44(40)29-36)43-28-34-15-6-7-18-37(34)41-24-21-31-13-4-8-19-38(31)45(41)43/h1-29H. The quantitative estimate of drug-likeness (QED) is 0.184. The molecular formula is C46H29NO. The van der Waals surface area contributed by atoms with Gasteiger partial charge in [0, 0.05) is 39.0 Å². The Labute approximate surface area is 277 Å². The van der Waals surface area contributed by atoms with Gasteiger partial charge in [0.2, 0.25) is 0 Å². The SMILES string of the molecule is c1ccc(-c2cccc(N(c3ccc4c(c3)oc3c5ccccc5ccc43)c3cc4ccccc4c4ccc5ccccc5c34)c2)cc1. The van der Waals surface area contributed by atoms with Gasteiger partial charge in [-0.05, 0) is 79.8 Å². The van der Waals surface area contributed by atoms with Crippen LogP contribution in [0.3, 0.4) is 0 Å². The number of hydrogen-bond acceptors (Lipinski definition) is 2. The highest BCUT2D eigenvalue weighted by atomic mass is 16.3. The molecule has 0 spiro atoms. The zero-order valence-corrected chi connectivity index (χ0v) is 26.1. The molecule has 9 aromatic carbocycles. The molecule has 1 heterocycles. The largest absolute Gasteiger partial charge is 0.455 e. The summed E-state index contributed by atoms with van der Waals surface area (Å²) in [5.41, 5.74) is 7.42. The van der Waals surface area contributed by atoms with Gasteiger partial charge in [-0.3, -0.25) is 0 Å². The van der Waals surface area contributed by atoms with E-state index >= 15 is 0 Å². The van der Waals surface area contributed by atoms with Gasteiger partial charge in [-0.2, -0.15) is 0 Å². The number of benzene rings is 9. The van der Waals surface area contributed by atoms with Crippen LogP contribution in [0.2, 0.25) is 0 Å². The van der Waals surface area contributed by atoms with Gasteiger partial charge in [-0.15, -0.1) is 0 Å². The van der Waals surface area contributed by atoms with Gasteiger partial charge in [-0.25, -0.2) is 0 Å². The molecule has 0 bridgehead atoms. The number of nitrogens with zero attached hydrogens (tertiary/aromatic N) is 1. The number of anilines is 3. The van der Waals surface area contributed by atoms with Crippen molar-refractivity contribution < 1.29 is 4.42 Å². The van der Waals surface area contributed by atoms with Gasteiger partial charge in [0.05, 0.1) is 5.69 Å². The molecule has 10 aromatic rings. The first-order chi connectivity index (χ1) is 23.8. The fourth-order valence-corrected chi connectivity index (χ4v) is 7.55. The molecular weight excluding hydrogens is 583 g/mol. The summed E-state index contributed by atoms with van der Waals surface area (Å²) in [5, 5.41) is 11.9. The van der Waals surface area contributed by atoms with Crippen molar-refractivity contribution in [3.8, 4) is 11.1 Å². The molecule has 0 unspecified atom stereocenters. The second-order valence-electron chi connectivity index (χ2n) is 12.5. The molecule has 2 heteroatoms. The average molecular weight is 612 g/mol. The fourth-order valence-electron chi connectivity index (χ4n) is 7.55. The summed E-state index contributed by atoms with van der Waals surface area (Å²) in [6, 6.07) is 63.3. The second-order valence-corrected chi connectivity index (χ2v) is 12.5. The van der Waals surface area contributed by atoms with Crippen LogP contribution in [-0.2, 0) is 0 Å². The fraction of sp³-hybridized carbons (Fsp3) is 0. The second kappa shape index (κ2) is 10.6. The normalized spacial score (nSPS) is 11.8. The van der Waals surface area contributed by atoms with Crippen LogP contribution in [0.4, 0.5) is 17.1 Å². The van der Waals surface area contributed by atoms with Gasteiger partial charge in [-0.1, -0.05) is 133 Å². The lowest BCUT2D eigenvalue weighted by Crippen LogP contribution is -2.11. The van der Waals surface area contributed by atoms with Crippen LogP contribution in [-0.4, -0.2) is 0 Å². The lowest BCUT2D eigenvalue weighted by atomic mass is 9.94.